The lowest BCUT2D eigenvalue weighted by Crippen LogP contribution is -2.45. The predicted octanol–water partition coefficient (Wildman–Crippen LogP) is 4.15. The Kier molecular flexibility index (Phi) is 7.41. The number of methoxy groups -OCH3 is 1. The van der Waals surface area contributed by atoms with Crippen LogP contribution in [0.1, 0.15) is 42.1 Å². The number of nitrogen functional groups attached to an aromatic ring is 1. The number of hydrogen-bond donors (Lipinski definition) is 2. The zero-order valence-electron chi connectivity index (χ0n) is 24.7. The number of amides is 1. The maximum absolute atomic E-state index is 12.0. The van der Waals surface area contributed by atoms with Gasteiger partial charge in [-0.3, -0.25) is 9.36 Å². The van der Waals surface area contributed by atoms with Crippen molar-refractivity contribution in [3.8, 4) is 22.9 Å². The quantitative estimate of drug-likeness (QED) is 0.258. The molecule has 1 atom stereocenters. The van der Waals surface area contributed by atoms with Crippen LogP contribution < -0.4 is 11.1 Å². The van der Waals surface area contributed by atoms with Crippen molar-refractivity contribution >= 4 is 22.9 Å². The van der Waals surface area contributed by atoms with Gasteiger partial charge in [0.05, 0.1) is 17.9 Å². The molecule has 3 N–H and O–H groups in total. The molecular weight excluding hydrogens is 554 g/mol. The van der Waals surface area contributed by atoms with Crippen LogP contribution in [-0.4, -0.2) is 66.3 Å². The molecule has 1 aromatic carbocycles. The topological polar surface area (TPSA) is 129 Å². The normalized spacial score (nSPS) is 16.8. The molecule has 1 amide bonds. The van der Waals surface area contributed by atoms with E-state index in [0.29, 0.717) is 35.8 Å². The molecule has 1 aliphatic carbocycles. The van der Waals surface area contributed by atoms with E-state index in [0.717, 1.165) is 61.2 Å². The zero-order chi connectivity index (χ0) is 30.2. The van der Waals surface area contributed by atoms with E-state index >= 15 is 0 Å². The molecule has 1 aliphatic heterocycles. The van der Waals surface area contributed by atoms with Gasteiger partial charge in [0, 0.05) is 50.4 Å². The van der Waals surface area contributed by atoms with Crippen LogP contribution in [0.5, 0.6) is 0 Å². The summed E-state index contributed by atoms with van der Waals surface area (Å²) in [5, 5.41) is 8.50. The van der Waals surface area contributed by atoms with Gasteiger partial charge >= 0.3 is 0 Å². The van der Waals surface area contributed by atoms with E-state index in [1.807, 2.05) is 41.4 Å². The van der Waals surface area contributed by atoms with E-state index in [-0.39, 0.29) is 11.9 Å². The Morgan fingerprint density at radius 1 is 1.14 bits per heavy atom. The van der Waals surface area contributed by atoms with E-state index in [4.69, 9.17) is 20.4 Å². The number of likely N-dealkylation sites (tertiary alicyclic amines) is 1. The molecule has 4 aromatic heterocycles. The van der Waals surface area contributed by atoms with Crippen LogP contribution in [-0.2, 0) is 22.6 Å². The predicted molar refractivity (Wildman–Crippen MR) is 168 cm³/mol. The fraction of sp³-hybridized carbons (Fsp3) is 0.303. The van der Waals surface area contributed by atoms with Crippen LogP contribution in [0.15, 0.2) is 73.6 Å². The summed E-state index contributed by atoms with van der Waals surface area (Å²) in [6.45, 7) is 5.57. The minimum Gasteiger partial charge on any atom is -0.383 e. The number of aryl methyl sites for hydroxylation is 1. The Balaban J connectivity index is 1.23. The number of nitrogens with two attached hydrogens (primary N) is 1. The third-order valence-corrected chi connectivity index (χ3v) is 8.62. The van der Waals surface area contributed by atoms with Crippen molar-refractivity contribution in [2.24, 2.45) is 0 Å². The third-order valence-electron chi connectivity index (χ3n) is 8.62. The largest absolute Gasteiger partial charge is 0.383 e. The molecule has 1 saturated heterocycles. The van der Waals surface area contributed by atoms with Gasteiger partial charge in [-0.25, -0.2) is 19.6 Å². The second-order valence-corrected chi connectivity index (χ2v) is 11.3. The Bertz CT molecular complexity index is 1850. The average molecular weight is 590 g/mol. The molecule has 11 heteroatoms. The highest BCUT2D eigenvalue weighted by atomic mass is 16.5. The number of pyridine rings is 2. The monoisotopic (exact) mass is 589 g/mol. The van der Waals surface area contributed by atoms with E-state index in [1.54, 1.807) is 18.0 Å². The van der Waals surface area contributed by atoms with Crippen LogP contribution in [0.4, 0.5) is 5.82 Å². The van der Waals surface area contributed by atoms with Gasteiger partial charge in [-0.1, -0.05) is 12.6 Å². The number of fused-ring (bicyclic) bond motifs is 2. The maximum Gasteiger partial charge on any atom is 0.245 e. The Hall–Kier alpha value is -4.87. The fourth-order valence-electron chi connectivity index (χ4n) is 6.42. The van der Waals surface area contributed by atoms with Crippen LogP contribution in [0.3, 0.4) is 0 Å². The zero-order valence-corrected chi connectivity index (χ0v) is 24.7. The minimum absolute atomic E-state index is 0.0173. The number of aromatic nitrogens is 6. The average Bonchev–Trinajstić information content (AvgIpc) is 3.78. The summed E-state index contributed by atoms with van der Waals surface area (Å²) in [6, 6.07) is 16.9. The molecule has 7 rings (SSSR count). The lowest BCUT2D eigenvalue weighted by atomic mass is 10.0. The number of benzene rings is 1. The number of imidazole rings is 1. The second-order valence-electron chi connectivity index (χ2n) is 11.3. The number of carbonyl (C=O) groups is 1. The molecule has 0 bridgehead atoms. The van der Waals surface area contributed by atoms with E-state index in [1.165, 1.54) is 17.2 Å². The summed E-state index contributed by atoms with van der Waals surface area (Å²) >= 11 is 0. The van der Waals surface area contributed by atoms with Gasteiger partial charge in [0.25, 0.3) is 0 Å². The van der Waals surface area contributed by atoms with Crippen molar-refractivity contribution in [2.45, 2.75) is 44.4 Å². The second kappa shape index (κ2) is 11.7. The number of nitrogens with one attached hydrogen (secondary N) is 1. The molecule has 1 fully saturated rings. The van der Waals surface area contributed by atoms with E-state index in [2.05, 4.69) is 44.7 Å². The number of anilines is 1. The molecule has 0 radical (unpaired) electrons. The van der Waals surface area contributed by atoms with Crippen LogP contribution in [0, 0.1) is 0 Å². The highest BCUT2D eigenvalue weighted by Gasteiger charge is 2.29. The van der Waals surface area contributed by atoms with Gasteiger partial charge in [-0.15, -0.1) is 0 Å². The molecule has 2 aliphatic rings. The lowest BCUT2D eigenvalue weighted by Gasteiger charge is -2.33. The first-order valence-electron chi connectivity index (χ1n) is 15.0. The summed E-state index contributed by atoms with van der Waals surface area (Å²) in [5.74, 6) is 1.79. The standard InChI is InChI=1S/C33H35N9O2/c1-3-30(43)40-16-12-22(13-17-40)36-27-9-6-21-19-24(7-8-25(21)27)42-32(26-5-4-15-35-31(26)34)37-28-10-11-29(38-33(28)42)41-18-14-23(39-41)20-44-2/h3-5,7-8,10-11,14-15,18-19,22,27,36H,1,6,9,12-13,16-17,20H2,2H3,(H2,34,35). The molecule has 0 saturated carbocycles. The number of hydrogen-bond acceptors (Lipinski definition) is 8. The first kappa shape index (κ1) is 27.9. The number of piperidine rings is 1. The number of ether oxygens (including phenoxy) is 1. The molecule has 5 heterocycles. The van der Waals surface area contributed by atoms with E-state index in [9.17, 15) is 4.79 Å². The first-order valence-corrected chi connectivity index (χ1v) is 15.0. The van der Waals surface area contributed by atoms with Gasteiger partial charge in [-0.05, 0) is 85.4 Å². The molecule has 5 aromatic rings. The highest BCUT2D eigenvalue weighted by molar-refractivity contribution is 5.87. The Morgan fingerprint density at radius 3 is 2.80 bits per heavy atom. The van der Waals surface area contributed by atoms with Crippen molar-refractivity contribution in [1.29, 1.82) is 0 Å². The first-order chi connectivity index (χ1) is 21.5. The highest BCUT2D eigenvalue weighted by Crippen LogP contribution is 2.36. The van der Waals surface area contributed by atoms with Crippen molar-refractivity contribution in [3.05, 3.63) is 90.4 Å². The molecule has 1 unspecified atom stereocenters. The lowest BCUT2D eigenvalue weighted by molar-refractivity contribution is -0.127. The SMILES string of the molecule is C=CC(=O)N1CCC(NC2CCc3cc(-n4c(-c5cccnc5N)nc5ccc(-n6ccc(COC)n6)nc54)ccc32)CC1. The van der Waals surface area contributed by atoms with Crippen molar-refractivity contribution in [3.63, 3.8) is 0 Å². The van der Waals surface area contributed by atoms with Gasteiger partial charge in [-0.2, -0.15) is 5.10 Å². The minimum atomic E-state index is 0.0173. The Labute approximate surface area is 255 Å². The van der Waals surface area contributed by atoms with E-state index < -0.39 is 0 Å². The summed E-state index contributed by atoms with van der Waals surface area (Å²) in [7, 11) is 1.65. The van der Waals surface area contributed by atoms with Gasteiger partial charge in [0.2, 0.25) is 5.91 Å². The number of rotatable bonds is 8. The summed E-state index contributed by atoms with van der Waals surface area (Å²) in [6.07, 6.45) is 8.86. The number of carbonyl (C=O) groups excluding carboxylic acids is 1. The summed E-state index contributed by atoms with van der Waals surface area (Å²) in [5.41, 5.74) is 13.0. The van der Waals surface area contributed by atoms with Crippen LogP contribution in [0.2, 0.25) is 0 Å². The van der Waals surface area contributed by atoms with Crippen LogP contribution in [0.25, 0.3) is 34.1 Å². The molecule has 224 valence electrons. The molecule has 44 heavy (non-hydrogen) atoms. The van der Waals surface area contributed by atoms with Gasteiger partial charge in [0.1, 0.15) is 11.3 Å². The van der Waals surface area contributed by atoms with Crippen molar-refractivity contribution in [2.75, 3.05) is 25.9 Å². The fourth-order valence-corrected chi connectivity index (χ4v) is 6.42. The smallest absolute Gasteiger partial charge is 0.245 e. The molecular formula is C33H35N9O2. The third kappa shape index (κ3) is 5.14. The molecule has 0 spiro atoms. The number of nitrogens with zero attached hydrogens (tertiary/aromatic N) is 7. The van der Waals surface area contributed by atoms with Crippen molar-refractivity contribution < 1.29 is 9.53 Å². The summed E-state index contributed by atoms with van der Waals surface area (Å²) in [4.78, 5) is 28.2. The van der Waals surface area contributed by atoms with Gasteiger partial charge < -0.3 is 20.7 Å². The summed E-state index contributed by atoms with van der Waals surface area (Å²) < 4.78 is 9.06. The van der Waals surface area contributed by atoms with Crippen LogP contribution >= 0.6 is 0 Å². The Morgan fingerprint density at radius 2 is 2.00 bits per heavy atom. The maximum atomic E-state index is 12.0. The molecule has 11 nitrogen and oxygen atoms in total. The van der Waals surface area contributed by atoms with Gasteiger partial charge in [0.15, 0.2) is 17.3 Å². The van der Waals surface area contributed by atoms with Crippen molar-refractivity contribution in [1.82, 2.24) is 39.5 Å².